The molecule has 7 nitrogen and oxygen atoms in total. The fourth-order valence-electron chi connectivity index (χ4n) is 2.93. The molecule has 0 aliphatic heterocycles. The van der Waals surface area contributed by atoms with Gasteiger partial charge < -0.3 is 24.3 Å². The Labute approximate surface area is 158 Å². The smallest absolute Gasteiger partial charge is 0.305 e. The summed E-state index contributed by atoms with van der Waals surface area (Å²) in [5, 5.41) is 12.0. The average Bonchev–Trinajstić information content (AvgIpc) is 3.10. The predicted octanol–water partition coefficient (Wildman–Crippen LogP) is 3.37. The summed E-state index contributed by atoms with van der Waals surface area (Å²) in [7, 11) is 3.00. The lowest BCUT2D eigenvalue weighted by Gasteiger charge is -2.20. The van der Waals surface area contributed by atoms with E-state index in [-0.39, 0.29) is 12.2 Å². The Morgan fingerprint density at radius 3 is 2.41 bits per heavy atom. The minimum absolute atomic E-state index is 0.173. The van der Waals surface area contributed by atoms with Crippen molar-refractivity contribution in [1.29, 1.82) is 0 Å². The van der Waals surface area contributed by atoms with Crippen LogP contribution in [0.1, 0.15) is 53.8 Å². The van der Waals surface area contributed by atoms with E-state index in [9.17, 15) is 14.7 Å². The van der Waals surface area contributed by atoms with Gasteiger partial charge in [0.05, 0.1) is 26.7 Å². The normalized spacial score (nSPS) is 11.7. The van der Waals surface area contributed by atoms with Crippen molar-refractivity contribution in [1.82, 2.24) is 5.32 Å². The molecule has 146 valence electrons. The molecule has 1 heterocycles. The molecule has 1 aromatic heterocycles. The number of amides is 1. The van der Waals surface area contributed by atoms with Gasteiger partial charge >= 0.3 is 5.97 Å². The molecule has 0 fully saturated rings. The second-order valence-electron chi connectivity index (χ2n) is 6.00. The lowest BCUT2D eigenvalue weighted by molar-refractivity contribution is -0.137. The van der Waals surface area contributed by atoms with Crippen LogP contribution in [0, 0.1) is 0 Å². The van der Waals surface area contributed by atoms with E-state index < -0.39 is 17.9 Å². The van der Waals surface area contributed by atoms with Crippen molar-refractivity contribution in [3.8, 4) is 11.5 Å². The number of rotatable bonds is 9. The van der Waals surface area contributed by atoms with Gasteiger partial charge in [-0.05, 0) is 30.2 Å². The summed E-state index contributed by atoms with van der Waals surface area (Å²) in [5.74, 6) is 0.437. The van der Waals surface area contributed by atoms with Crippen LogP contribution < -0.4 is 14.8 Å². The number of methoxy groups -OCH3 is 2. The Balaban J connectivity index is 2.33. The number of carboxylic acid groups (broad SMARTS) is 1. The fraction of sp³-hybridized carbons (Fsp3) is 0.400. The molecule has 1 atom stereocenters. The molecule has 1 aromatic carbocycles. The van der Waals surface area contributed by atoms with Gasteiger partial charge in [-0.1, -0.05) is 13.8 Å². The SMILES string of the molecule is CCc1cc(C(=O)NC(CC(=O)O)c2ccc(OC)cc2OC)oc1CC. The standard InChI is InChI=1S/C20H25NO6/c1-5-12-9-18(27-16(12)6-2)20(24)21-15(11-19(22)23)14-8-7-13(25-3)10-17(14)26-4/h7-10,15H,5-6,11H2,1-4H3,(H,21,24)(H,22,23). The summed E-state index contributed by atoms with van der Waals surface area (Å²) in [5.41, 5.74) is 1.52. The molecule has 1 unspecified atom stereocenters. The Hall–Kier alpha value is -2.96. The van der Waals surface area contributed by atoms with Crippen LogP contribution >= 0.6 is 0 Å². The third-order valence-corrected chi connectivity index (χ3v) is 4.32. The van der Waals surface area contributed by atoms with Gasteiger partial charge in [0.15, 0.2) is 5.76 Å². The zero-order valence-corrected chi connectivity index (χ0v) is 16.0. The largest absolute Gasteiger partial charge is 0.497 e. The molecule has 2 N–H and O–H groups in total. The van der Waals surface area contributed by atoms with Crippen molar-refractivity contribution in [2.45, 2.75) is 39.2 Å². The highest BCUT2D eigenvalue weighted by Gasteiger charge is 2.24. The molecule has 0 saturated carbocycles. The number of nitrogens with one attached hydrogen (secondary N) is 1. The maximum absolute atomic E-state index is 12.7. The van der Waals surface area contributed by atoms with Crippen molar-refractivity contribution in [2.24, 2.45) is 0 Å². The zero-order valence-electron chi connectivity index (χ0n) is 16.0. The zero-order chi connectivity index (χ0) is 20.0. The maximum atomic E-state index is 12.7. The van der Waals surface area contributed by atoms with Crippen LogP contribution in [0.15, 0.2) is 28.7 Å². The molecule has 0 bridgehead atoms. The summed E-state index contributed by atoms with van der Waals surface area (Å²) in [4.78, 5) is 24.0. The predicted molar refractivity (Wildman–Crippen MR) is 99.5 cm³/mol. The topological polar surface area (TPSA) is 98.0 Å². The van der Waals surface area contributed by atoms with E-state index in [1.54, 1.807) is 24.3 Å². The Kier molecular flexibility index (Phi) is 6.87. The quantitative estimate of drug-likeness (QED) is 0.697. The van der Waals surface area contributed by atoms with E-state index in [0.29, 0.717) is 23.5 Å². The van der Waals surface area contributed by atoms with Crippen molar-refractivity contribution in [2.75, 3.05) is 14.2 Å². The van der Waals surface area contributed by atoms with Crippen molar-refractivity contribution < 1.29 is 28.6 Å². The number of aliphatic carboxylic acids is 1. The summed E-state index contributed by atoms with van der Waals surface area (Å²) >= 11 is 0. The molecular weight excluding hydrogens is 350 g/mol. The highest BCUT2D eigenvalue weighted by atomic mass is 16.5. The third kappa shape index (κ3) is 4.81. The van der Waals surface area contributed by atoms with Gasteiger partial charge in [0.1, 0.15) is 17.3 Å². The van der Waals surface area contributed by atoms with Crippen molar-refractivity contribution in [3.05, 3.63) is 46.9 Å². The molecule has 1 amide bonds. The number of carboxylic acids is 1. The highest BCUT2D eigenvalue weighted by Crippen LogP contribution is 2.31. The number of hydrogen-bond acceptors (Lipinski definition) is 5. The Bertz CT molecular complexity index is 789. The first-order chi connectivity index (χ1) is 12.9. The van der Waals surface area contributed by atoms with Crippen LogP contribution in [0.4, 0.5) is 0 Å². The van der Waals surface area contributed by atoms with Crippen molar-refractivity contribution in [3.63, 3.8) is 0 Å². The van der Waals surface area contributed by atoms with Gasteiger partial charge in [0, 0.05) is 18.1 Å². The summed E-state index contributed by atoms with van der Waals surface area (Å²) in [6.07, 6.45) is 1.14. The minimum atomic E-state index is -1.04. The Morgan fingerprint density at radius 2 is 1.89 bits per heavy atom. The van der Waals surface area contributed by atoms with Gasteiger partial charge in [-0.25, -0.2) is 0 Å². The van der Waals surface area contributed by atoms with Gasteiger partial charge in [-0.15, -0.1) is 0 Å². The molecule has 0 radical (unpaired) electrons. The number of furan rings is 1. The van der Waals surface area contributed by atoms with E-state index in [2.05, 4.69) is 5.32 Å². The van der Waals surface area contributed by atoms with E-state index in [1.165, 1.54) is 14.2 Å². The minimum Gasteiger partial charge on any atom is -0.497 e. The van der Waals surface area contributed by atoms with Gasteiger partial charge in [-0.2, -0.15) is 0 Å². The number of hydrogen-bond donors (Lipinski definition) is 2. The summed E-state index contributed by atoms with van der Waals surface area (Å²) < 4.78 is 16.2. The summed E-state index contributed by atoms with van der Waals surface area (Å²) in [6.45, 7) is 3.94. The van der Waals surface area contributed by atoms with Gasteiger partial charge in [0.25, 0.3) is 5.91 Å². The van der Waals surface area contributed by atoms with Crippen LogP contribution in [-0.4, -0.2) is 31.2 Å². The lowest BCUT2D eigenvalue weighted by Crippen LogP contribution is -2.30. The first kappa shape index (κ1) is 20.4. The van der Waals surface area contributed by atoms with E-state index in [4.69, 9.17) is 13.9 Å². The van der Waals surface area contributed by atoms with Crippen molar-refractivity contribution >= 4 is 11.9 Å². The lowest BCUT2D eigenvalue weighted by atomic mass is 10.0. The monoisotopic (exact) mass is 375 g/mol. The molecule has 27 heavy (non-hydrogen) atoms. The second kappa shape index (κ2) is 9.12. The Morgan fingerprint density at radius 1 is 1.15 bits per heavy atom. The number of ether oxygens (including phenoxy) is 2. The molecule has 0 spiro atoms. The molecule has 0 saturated heterocycles. The van der Waals surface area contributed by atoms with Crippen LogP contribution in [0.25, 0.3) is 0 Å². The second-order valence-corrected chi connectivity index (χ2v) is 6.00. The first-order valence-electron chi connectivity index (χ1n) is 8.79. The fourth-order valence-corrected chi connectivity index (χ4v) is 2.93. The third-order valence-electron chi connectivity index (χ3n) is 4.32. The molecule has 0 aliphatic carbocycles. The molecule has 0 aliphatic rings. The van der Waals surface area contributed by atoms with Gasteiger partial charge in [0.2, 0.25) is 0 Å². The van der Waals surface area contributed by atoms with E-state index in [1.807, 2.05) is 13.8 Å². The molecule has 2 rings (SSSR count). The van der Waals surface area contributed by atoms with E-state index in [0.717, 1.165) is 17.7 Å². The average molecular weight is 375 g/mol. The maximum Gasteiger partial charge on any atom is 0.305 e. The van der Waals surface area contributed by atoms with Crippen LogP contribution in [0.5, 0.6) is 11.5 Å². The van der Waals surface area contributed by atoms with Crippen LogP contribution in [-0.2, 0) is 17.6 Å². The van der Waals surface area contributed by atoms with Crippen LogP contribution in [0.3, 0.4) is 0 Å². The highest BCUT2D eigenvalue weighted by molar-refractivity contribution is 5.92. The molecule has 2 aromatic rings. The molecule has 7 heteroatoms. The number of carbonyl (C=O) groups excluding carboxylic acids is 1. The number of benzene rings is 1. The van der Waals surface area contributed by atoms with Gasteiger partial charge in [-0.3, -0.25) is 9.59 Å². The number of carbonyl (C=O) groups is 2. The summed E-state index contributed by atoms with van der Waals surface area (Å²) in [6, 6.07) is 5.94. The number of aryl methyl sites for hydroxylation is 2. The first-order valence-corrected chi connectivity index (χ1v) is 8.79. The molecular formula is C20H25NO6. The van der Waals surface area contributed by atoms with Crippen LogP contribution in [0.2, 0.25) is 0 Å². The van der Waals surface area contributed by atoms with E-state index >= 15 is 0 Å².